The second-order valence-corrected chi connectivity index (χ2v) is 7.77. The van der Waals surface area contributed by atoms with E-state index in [1.807, 2.05) is 0 Å². The van der Waals surface area contributed by atoms with Crippen LogP contribution in [0, 0.1) is 11.6 Å². The molecule has 1 aliphatic heterocycles. The van der Waals surface area contributed by atoms with Crippen molar-refractivity contribution in [2.75, 3.05) is 16.8 Å². The Morgan fingerprint density at radius 2 is 1.97 bits per heavy atom. The molecular formula is C21H14Cl2F2N4O2. The molecule has 10 heteroatoms. The Bertz CT molecular complexity index is 1220. The van der Waals surface area contributed by atoms with Crippen LogP contribution in [0.15, 0.2) is 42.9 Å². The molecule has 2 aromatic carbocycles. The molecular weight excluding hydrogens is 449 g/mol. The zero-order valence-corrected chi connectivity index (χ0v) is 17.5. The van der Waals surface area contributed by atoms with Gasteiger partial charge in [0.25, 0.3) is 0 Å². The number of nitrogens with zero attached hydrogens (tertiary/aromatic N) is 3. The van der Waals surface area contributed by atoms with Crippen LogP contribution in [0.25, 0.3) is 11.1 Å². The van der Waals surface area contributed by atoms with E-state index < -0.39 is 35.9 Å². The van der Waals surface area contributed by atoms with Gasteiger partial charge >= 0.3 is 0 Å². The molecule has 0 saturated carbocycles. The van der Waals surface area contributed by atoms with Gasteiger partial charge in [0, 0.05) is 28.0 Å². The SMILES string of the molecule is CC1C(=O)N(CC(=O)Nc2ccc(Cl)c(F)c2)c2cc(Cl)cc(F)c2-c2cncnc21. The number of nitrogens with one attached hydrogen (secondary N) is 1. The van der Waals surface area contributed by atoms with E-state index in [2.05, 4.69) is 15.3 Å². The van der Waals surface area contributed by atoms with Crippen molar-refractivity contribution in [2.45, 2.75) is 12.8 Å². The van der Waals surface area contributed by atoms with E-state index in [0.29, 0.717) is 11.3 Å². The fourth-order valence-corrected chi connectivity index (χ4v) is 3.78. The van der Waals surface area contributed by atoms with Crippen molar-refractivity contribution in [3.8, 4) is 11.1 Å². The van der Waals surface area contributed by atoms with E-state index in [4.69, 9.17) is 23.2 Å². The largest absolute Gasteiger partial charge is 0.324 e. The van der Waals surface area contributed by atoms with Gasteiger partial charge in [0.1, 0.15) is 24.5 Å². The summed E-state index contributed by atoms with van der Waals surface area (Å²) in [6, 6.07) is 6.30. The van der Waals surface area contributed by atoms with Gasteiger partial charge < -0.3 is 10.2 Å². The highest BCUT2D eigenvalue weighted by Crippen LogP contribution is 2.42. The first kappa shape index (κ1) is 21.1. The molecule has 0 spiro atoms. The average Bonchev–Trinajstić information content (AvgIpc) is 2.80. The molecule has 3 aromatic rings. The molecule has 0 saturated heterocycles. The van der Waals surface area contributed by atoms with E-state index in [-0.39, 0.29) is 27.0 Å². The molecule has 31 heavy (non-hydrogen) atoms. The van der Waals surface area contributed by atoms with Crippen molar-refractivity contribution in [3.63, 3.8) is 0 Å². The van der Waals surface area contributed by atoms with Gasteiger partial charge in [0.15, 0.2) is 0 Å². The highest BCUT2D eigenvalue weighted by Gasteiger charge is 2.35. The van der Waals surface area contributed by atoms with Crippen LogP contribution in [-0.4, -0.2) is 28.3 Å². The second-order valence-electron chi connectivity index (χ2n) is 6.93. The molecule has 6 nitrogen and oxygen atoms in total. The predicted molar refractivity (Wildman–Crippen MR) is 113 cm³/mol. The van der Waals surface area contributed by atoms with E-state index in [0.717, 1.165) is 17.0 Å². The van der Waals surface area contributed by atoms with Crippen LogP contribution < -0.4 is 10.2 Å². The molecule has 2 amide bonds. The normalized spacial score (nSPS) is 15.2. The van der Waals surface area contributed by atoms with Crippen LogP contribution >= 0.6 is 23.2 Å². The quantitative estimate of drug-likeness (QED) is 0.605. The van der Waals surface area contributed by atoms with Crippen LogP contribution in [0.1, 0.15) is 18.5 Å². The van der Waals surface area contributed by atoms with Crippen molar-refractivity contribution in [1.29, 1.82) is 0 Å². The molecule has 1 aliphatic rings. The zero-order valence-electron chi connectivity index (χ0n) is 16.0. The van der Waals surface area contributed by atoms with Gasteiger partial charge in [-0.3, -0.25) is 9.59 Å². The Hall–Kier alpha value is -3.10. The summed E-state index contributed by atoms with van der Waals surface area (Å²) in [5.74, 6) is -3.24. The summed E-state index contributed by atoms with van der Waals surface area (Å²) in [7, 11) is 0. The van der Waals surface area contributed by atoms with Crippen molar-refractivity contribution >= 4 is 46.4 Å². The van der Waals surface area contributed by atoms with Crippen molar-refractivity contribution in [3.05, 3.63) is 70.2 Å². The molecule has 1 atom stereocenters. The summed E-state index contributed by atoms with van der Waals surface area (Å²) in [4.78, 5) is 35.2. The van der Waals surface area contributed by atoms with Gasteiger partial charge in [-0.25, -0.2) is 18.7 Å². The number of amides is 2. The number of hydrogen-bond acceptors (Lipinski definition) is 4. The maximum Gasteiger partial charge on any atom is 0.244 e. The van der Waals surface area contributed by atoms with Gasteiger partial charge in [-0.05, 0) is 37.3 Å². The number of aromatic nitrogens is 2. The molecule has 0 radical (unpaired) electrons. The Morgan fingerprint density at radius 3 is 2.71 bits per heavy atom. The van der Waals surface area contributed by atoms with Crippen molar-refractivity contribution < 1.29 is 18.4 Å². The summed E-state index contributed by atoms with van der Waals surface area (Å²) < 4.78 is 28.6. The summed E-state index contributed by atoms with van der Waals surface area (Å²) in [5.41, 5.74) is 1.03. The highest BCUT2D eigenvalue weighted by molar-refractivity contribution is 6.31. The molecule has 1 aromatic heterocycles. The van der Waals surface area contributed by atoms with Gasteiger partial charge in [-0.1, -0.05) is 23.2 Å². The minimum atomic E-state index is -0.774. The minimum Gasteiger partial charge on any atom is -0.324 e. The van der Waals surface area contributed by atoms with E-state index >= 15 is 0 Å². The molecule has 0 bridgehead atoms. The molecule has 158 valence electrons. The molecule has 1 unspecified atom stereocenters. The van der Waals surface area contributed by atoms with E-state index in [1.54, 1.807) is 6.92 Å². The Labute approximate surface area is 185 Å². The summed E-state index contributed by atoms with van der Waals surface area (Å²) >= 11 is 11.7. The van der Waals surface area contributed by atoms with Gasteiger partial charge in [0.05, 0.1) is 22.3 Å². The second kappa shape index (κ2) is 8.20. The average molecular weight is 463 g/mol. The Morgan fingerprint density at radius 1 is 1.19 bits per heavy atom. The van der Waals surface area contributed by atoms with Crippen LogP contribution in [-0.2, 0) is 9.59 Å². The highest BCUT2D eigenvalue weighted by atomic mass is 35.5. The predicted octanol–water partition coefficient (Wildman–Crippen LogP) is 4.82. The van der Waals surface area contributed by atoms with Crippen LogP contribution in [0.4, 0.5) is 20.2 Å². The number of halogens is 4. The smallest absolute Gasteiger partial charge is 0.244 e. The van der Waals surface area contributed by atoms with Crippen molar-refractivity contribution in [2.24, 2.45) is 0 Å². The molecule has 0 fully saturated rings. The maximum atomic E-state index is 15.0. The molecule has 0 aliphatic carbocycles. The monoisotopic (exact) mass is 462 g/mol. The zero-order chi connectivity index (χ0) is 22.3. The first-order valence-electron chi connectivity index (χ1n) is 9.12. The lowest BCUT2D eigenvalue weighted by Gasteiger charge is -2.24. The molecule has 2 heterocycles. The number of rotatable bonds is 3. The van der Waals surface area contributed by atoms with Crippen LogP contribution in [0.2, 0.25) is 10.0 Å². The fraction of sp³-hybridized carbons (Fsp3) is 0.143. The number of benzene rings is 2. The lowest BCUT2D eigenvalue weighted by molar-refractivity contribution is -0.122. The topological polar surface area (TPSA) is 75.2 Å². The fourth-order valence-electron chi connectivity index (χ4n) is 3.47. The van der Waals surface area contributed by atoms with Gasteiger partial charge in [-0.2, -0.15) is 0 Å². The third-order valence-electron chi connectivity index (χ3n) is 4.89. The summed E-state index contributed by atoms with van der Waals surface area (Å²) in [6.07, 6.45) is 2.69. The number of carbonyl (C=O) groups is 2. The molecule has 4 rings (SSSR count). The van der Waals surface area contributed by atoms with Crippen LogP contribution in [0.3, 0.4) is 0 Å². The lowest BCUT2D eigenvalue weighted by atomic mass is 9.98. The van der Waals surface area contributed by atoms with Gasteiger partial charge in [-0.15, -0.1) is 0 Å². The molecule has 1 N–H and O–H groups in total. The summed E-state index contributed by atoms with van der Waals surface area (Å²) in [6.45, 7) is 1.15. The third kappa shape index (κ3) is 3.96. The Kier molecular flexibility index (Phi) is 5.60. The summed E-state index contributed by atoms with van der Waals surface area (Å²) in [5, 5.41) is 2.48. The Balaban J connectivity index is 1.75. The standard InChI is InChI=1S/C21H14Cl2F2N4O2/c1-10-20-13(7-26-9-27-20)19-16(25)4-11(22)5-17(19)29(21(10)31)8-18(30)28-12-2-3-14(23)15(24)6-12/h2-7,9-10H,8H2,1H3,(H,28,30). The number of fused-ring (bicyclic) bond motifs is 3. The lowest BCUT2D eigenvalue weighted by Crippen LogP contribution is -2.40. The number of hydrogen-bond donors (Lipinski definition) is 1. The van der Waals surface area contributed by atoms with E-state index in [9.17, 15) is 18.4 Å². The first-order chi connectivity index (χ1) is 14.8. The number of carbonyl (C=O) groups excluding carboxylic acids is 2. The maximum absolute atomic E-state index is 15.0. The van der Waals surface area contributed by atoms with Gasteiger partial charge in [0.2, 0.25) is 11.8 Å². The van der Waals surface area contributed by atoms with Crippen molar-refractivity contribution in [1.82, 2.24) is 9.97 Å². The third-order valence-corrected chi connectivity index (χ3v) is 5.41. The van der Waals surface area contributed by atoms with E-state index in [1.165, 1.54) is 30.7 Å². The minimum absolute atomic E-state index is 0.0576. The number of anilines is 2. The first-order valence-corrected chi connectivity index (χ1v) is 9.87. The van der Waals surface area contributed by atoms with Crippen LogP contribution in [0.5, 0.6) is 0 Å².